The van der Waals surface area contributed by atoms with Crippen LogP contribution in [0.2, 0.25) is 0 Å². The van der Waals surface area contributed by atoms with E-state index in [-0.39, 0.29) is 0 Å². The molecule has 15 heavy (non-hydrogen) atoms. The van der Waals surface area contributed by atoms with Crippen LogP contribution in [-0.4, -0.2) is 36.7 Å². The highest BCUT2D eigenvalue weighted by Gasteiger charge is 2.30. The van der Waals surface area contributed by atoms with Gasteiger partial charge in [0.05, 0.1) is 0 Å². The zero-order valence-electron chi connectivity index (χ0n) is 8.60. The average molecular weight is 224 g/mol. The number of nitrogens with zero attached hydrogens (tertiary/aromatic N) is 1. The van der Waals surface area contributed by atoms with Gasteiger partial charge in [0.25, 0.3) is 0 Å². The summed E-state index contributed by atoms with van der Waals surface area (Å²) in [4.78, 5) is 12.7. The molecule has 0 aromatic rings. The normalized spacial score (nSPS) is 21.9. The second-order valence-corrected chi connectivity index (χ2v) is 3.78. The molecule has 0 aromatic carbocycles. The van der Waals surface area contributed by atoms with Gasteiger partial charge in [0, 0.05) is 13.1 Å². The molecule has 1 fully saturated rings. The summed E-state index contributed by atoms with van der Waals surface area (Å²) in [6.45, 7) is 1.89. The molecule has 0 spiro atoms. The Hall–Kier alpha value is -0.940. The summed E-state index contributed by atoms with van der Waals surface area (Å²) in [5.41, 5.74) is 0. The molecule has 1 rings (SSSR count). The van der Waals surface area contributed by atoms with Crippen LogP contribution in [0.25, 0.3) is 0 Å². The maximum Gasteiger partial charge on any atom is 0.405 e. The standard InChI is InChI=1S/C9H15F3N2O/c1-2-7-3-4-14(5-7)8(15)13-6-9(10,11)12/h7H,2-6H2,1H3,(H,13,15). The van der Waals surface area contributed by atoms with E-state index in [1.807, 2.05) is 12.2 Å². The number of alkyl halides is 3. The minimum Gasteiger partial charge on any atom is -0.329 e. The van der Waals surface area contributed by atoms with Crippen LogP contribution in [0.1, 0.15) is 19.8 Å². The third-order valence-corrected chi connectivity index (χ3v) is 2.59. The number of carbonyl (C=O) groups excluding carboxylic acids is 1. The highest BCUT2D eigenvalue weighted by Crippen LogP contribution is 2.19. The van der Waals surface area contributed by atoms with E-state index in [2.05, 4.69) is 0 Å². The summed E-state index contributed by atoms with van der Waals surface area (Å²) >= 11 is 0. The summed E-state index contributed by atoms with van der Waals surface area (Å²) in [5.74, 6) is 0.432. The highest BCUT2D eigenvalue weighted by molar-refractivity contribution is 5.74. The number of hydrogen-bond donors (Lipinski definition) is 1. The van der Waals surface area contributed by atoms with Gasteiger partial charge in [-0.3, -0.25) is 0 Å². The van der Waals surface area contributed by atoms with Crippen molar-refractivity contribution in [3.8, 4) is 0 Å². The van der Waals surface area contributed by atoms with Crippen molar-refractivity contribution in [1.29, 1.82) is 0 Å². The maximum atomic E-state index is 11.8. The van der Waals surface area contributed by atoms with Gasteiger partial charge in [-0.1, -0.05) is 13.3 Å². The predicted octanol–water partition coefficient (Wildman–Crippen LogP) is 1.99. The van der Waals surface area contributed by atoms with Crippen LogP contribution in [0.15, 0.2) is 0 Å². The van der Waals surface area contributed by atoms with Gasteiger partial charge in [0.15, 0.2) is 0 Å². The van der Waals surface area contributed by atoms with E-state index in [0.29, 0.717) is 19.0 Å². The van der Waals surface area contributed by atoms with Crippen LogP contribution in [0.4, 0.5) is 18.0 Å². The molecule has 0 aromatic heterocycles. The van der Waals surface area contributed by atoms with Crippen LogP contribution < -0.4 is 5.32 Å². The Kier molecular flexibility index (Phi) is 3.82. The van der Waals surface area contributed by atoms with Crippen molar-refractivity contribution in [2.24, 2.45) is 5.92 Å². The number of halogens is 3. The molecule has 1 atom stereocenters. The molecule has 1 N–H and O–H groups in total. The zero-order valence-corrected chi connectivity index (χ0v) is 8.60. The van der Waals surface area contributed by atoms with Crippen LogP contribution >= 0.6 is 0 Å². The van der Waals surface area contributed by atoms with Gasteiger partial charge in [0.2, 0.25) is 0 Å². The molecule has 88 valence electrons. The molecule has 0 radical (unpaired) electrons. The Morgan fingerprint density at radius 2 is 2.20 bits per heavy atom. The van der Waals surface area contributed by atoms with Crippen LogP contribution in [0, 0.1) is 5.92 Å². The van der Waals surface area contributed by atoms with Crippen LogP contribution in [0.5, 0.6) is 0 Å². The molecular formula is C9H15F3N2O. The Balaban J connectivity index is 2.30. The number of rotatable bonds is 2. The zero-order chi connectivity index (χ0) is 11.5. The Morgan fingerprint density at radius 3 is 2.67 bits per heavy atom. The van der Waals surface area contributed by atoms with Gasteiger partial charge in [0.1, 0.15) is 6.54 Å². The van der Waals surface area contributed by atoms with E-state index in [0.717, 1.165) is 12.8 Å². The van der Waals surface area contributed by atoms with Crippen LogP contribution in [-0.2, 0) is 0 Å². The number of nitrogens with one attached hydrogen (secondary N) is 1. The average Bonchev–Trinajstić information content (AvgIpc) is 2.61. The molecule has 1 saturated heterocycles. The fourth-order valence-electron chi connectivity index (χ4n) is 1.64. The number of amides is 2. The monoisotopic (exact) mass is 224 g/mol. The fourth-order valence-corrected chi connectivity index (χ4v) is 1.64. The maximum absolute atomic E-state index is 11.8. The van der Waals surface area contributed by atoms with Gasteiger partial charge in [-0.2, -0.15) is 13.2 Å². The second kappa shape index (κ2) is 4.72. The highest BCUT2D eigenvalue weighted by atomic mass is 19.4. The molecule has 3 nitrogen and oxygen atoms in total. The minimum absolute atomic E-state index is 0.432. The first-order valence-electron chi connectivity index (χ1n) is 5.02. The molecule has 0 aliphatic carbocycles. The third kappa shape index (κ3) is 3.97. The van der Waals surface area contributed by atoms with E-state index in [4.69, 9.17) is 0 Å². The number of hydrogen-bond acceptors (Lipinski definition) is 1. The van der Waals surface area contributed by atoms with E-state index >= 15 is 0 Å². The summed E-state index contributed by atoms with van der Waals surface area (Å²) < 4.78 is 35.4. The van der Waals surface area contributed by atoms with Crippen molar-refractivity contribution in [1.82, 2.24) is 10.2 Å². The smallest absolute Gasteiger partial charge is 0.329 e. The molecule has 1 unspecified atom stereocenters. The number of urea groups is 1. The van der Waals surface area contributed by atoms with Gasteiger partial charge in [-0.25, -0.2) is 4.79 Å². The number of carbonyl (C=O) groups is 1. The Labute approximate surface area is 86.6 Å². The first-order chi connectivity index (χ1) is 6.92. The first kappa shape index (κ1) is 12.1. The fraction of sp³-hybridized carbons (Fsp3) is 0.889. The molecule has 2 amide bonds. The molecule has 1 heterocycles. The van der Waals surface area contributed by atoms with Gasteiger partial charge in [-0.05, 0) is 12.3 Å². The second-order valence-electron chi connectivity index (χ2n) is 3.78. The van der Waals surface area contributed by atoms with Gasteiger partial charge >= 0.3 is 12.2 Å². The number of likely N-dealkylation sites (tertiary alicyclic amines) is 1. The van der Waals surface area contributed by atoms with Gasteiger partial charge < -0.3 is 10.2 Å². The van der Waals surface area contributed by atoms with E-state index in [9.17, 15) is 18.0 Å². The lowest BCUT2D eigenvalue weighted by molar-refractivity contribution is -0.123. The van der Waals surface area contributed by atoms with Crippen molar-refractivity contribution >= 4 is 6.03 Å². The third-order valence-electron chi connectivity index (χ3n) is 2.59. The van der Waals surface area contributed by atoms with E-state index < -0.39 is 18.8 Å². The molecule has 0 saturated carbocycles. The lowest BCUT2D eigenvalue weighted by Gasteiger charge is -2.17. The minimum atomic E-state index is -4.33. The Morgan fingerprint density at radius 1 is 1.53 bits per heavy atom. The first-order valence-corrected chi connectivity index (χ1v) is 5.02. The van der Waals surface area contributed by atoms with Gasteiger partial charge in [-0.15, -0.1) is 0 Å². The molecule has 0 bridgehead atoms. The largest absolute Gasteiger partial charge is 0.405 e. The van der Waals surface area contributed by atoms with Crippen molar-refractivity contribution in [3.63, 3.8) is 0 Å². The summed E-state index contributed by atoms with van der Waals surface area (Å²) in [6, 6.07) is -0.608. The molecule has 1 aliphatic heterocycles. The summed E-state index contributed by atoms with van der Waals surface area (Å²) in [6.07, 6.45) is -2.49. The Bertz CT molecular complexity index is 230. The lowest BCUT2D eigenvalue weighted by Crippen LogP contribution is -2.42. The molecular weight excluding hydrogens is 209 g/mol. The molecule has 1 aliphatic rings. The van der Waals surface area contributed by atoms with Crippen molar-refractivity contribution in [2.45, 2.75) is 25.9 Å². The van der Waals surface area contributed by atoms with Crippen molar-refractivity contribution in [2.75, 3.05) is 19.6 Å². The summed E-state index contributed by atoms with van der Waals surface area (Å²) in [7, 11) is 0. The van der Waals surface area contributed by atoms with E-state index in [1.165, 1.54) is 4.90 Å². The van der Waals surface area contributed by atoms with Crippen molar-refractivity contribution in [3.05, 3.63) is 0 Å². The predicted molar refractivity (Wildman–Crippen MR) is 49.4 cm³/mol. The molecule has 6 heteroatoms. The van der Waals surface area contributed by atoms with Crippen LogP contribution in [0.3, 0.4) is 0 Å². The summed E-state index contributed by atoms with van der Waals surface area (Å²) in [5, 5.41) is 1.87. The topological polar surface area (TPSA) is 32.3 Å². The quantitative estimate of drug-likeness (QED) is 0.764. The lowest BCUT2D eigenvalue weighted by atomic mass is 10.1. The van der Waals surface area contributed by atoms with E-state index in [1.54, 1.807) is 0 Å². The van der Waals surface area contributed by atoms with Crippen molar-refractivity contribution < 1.29 is 18.0 Å². The SMILES string of the molecule is CCC1CCN(C(=O)NCC(F)(F)F)C1.